The van der Waals surface area contributed by atoms with Gasteiger partial charge in [0.15, 0.2) is 0 Å². The maximum atomic E-state index is 12.3. The highest BCUT2D eigenvalue weighted by Gasteiger charge is 2.09. The van der Waals surface area contributed by atoms with Gasteiger partial charge in [-0.2, -0.15) is 0 Å². The van der Waals surface area contributed by atoms with Crippen LogP contribution in [-0.2, 0) is 0 Å². The highest BCUT2D eigenvalue weighted by atomic mass is 32.2. The van der Waals surface area contributed by atoms with Crippen LogP contribution in [0.1, 0.15) is 15.9 Å². The molecule has 0 radical (unpaired) electrons. The maximum Gasteiger partial charge on any atom is 0.255 e. The van der Waals surface area contributed by atoms with Gasteiger partial charge >= 0.3 is 0 Å². The van der Waals surface area contributed by atoms with Gasteiger partial charge in [0, 0.05) is 28.9 Å². The minimum absolute atomic E-state index is 0.0802. The first kappa shape index (κ1) is 14.5. The topological polar surface area (TPSA) is 41.1 Å². The van der Waals surface area contributed by atoms with Crippen molar-refractivity contribution in [2.24, 2.45) is 0 Å². The number of carbonyl (C=O) groups is 1. The van der Waals surface area contributed by atoms with Gasteiger partial charge in [0.25, 0.3) is 5.91 Å². The van der Waals surface area contributed by atoms with Crippen LogP contribution in [0.25, 0.3) is 0 Å². The highest BCUT2D eigenvalue weighted by molar-refractivity contribution is 7.98. The number of amides is 1. The molecule has 3 nitrogen and oxygen atoms in total. The number of hydrogen-bond acceptors (Lipinski definition) is 3. The molecule has 0 unspecified atom stereocenters. The molecule has 0 saturated heterocycles. The summed E-state index contributed by atoms with van der Waals surface area (Å²) >= 11 is 1.65. The molecule has 104 valence electrons. The third-order valence-electron chi connectivity index (χ3n) is 3.09. The molecular formula is C16H18N2OS. The normalized spacial score (nSPS) is 10.2. The second kappa shape index (κ2) is 6.48. The molecule has 1 amide bonds. The second-order valence-electron chi connectivity index (χ2n) is 4.47. The van der Waals surface area contributed by atoms with E-state index in [9.17, 15) is 4.79 Å². The van der Waals surface area contributed by atoms with Crippen molar-refractivity contribution in [2.75, 3.05) is 23.9 Å². The molecular weight excluding hydrogens is 268 g/mol. The molecule has 0 aliphatic heterocycles. The number of carbonyl (C=O) groups excluding carboxylic acids is 1. The molecule has 0 heterocycles. The van der Waals surface area contributed by atoms with Crippen LogP contribution in [0.15, 0.2) is 47.4 Å². The standard InChI is InChI=1S/C16H18N2OS/c1-11-9-12(17-2)7-8-15(11)16(19)18-13-5-4-6-14(10-13)20-3/h4-10,17H,1-3H3,(H,18,19). The van der Waals surface area contributed by atoms with E-state index in [4.69, 9.17) is 0 Å². The summed E-state index contributed by atoms with van der Waals surface area (Å²) in [7, 11) is 1.86. The lowest BCUT2D eigenvalue weighted by molar-refractivity contribution is 0.102. The predicted molar refractivity (Wildman–Crippen MR) is 86.9 cm³/mol. The third kappa shape index (κ3) is 3.33. The summed E-state index contributed by atoms with van der Waals surface area (Å²) in [5, 5.41) is 6.00. The lowest BCUT2D eigenvalue weighted by Gasteiger charge is -2.10. The first-order chi connectivity index (χ1) is 9.63. The zero-order chi connectivity index (χ0) is 14.5. The quantitative estimate of drug-likeness (QED) is 0.834. The van der Waals surface area contributed by atoms with Crippen LogP contribution in [0.3, 0.4) is 0 Å². The van der Waals surface area contributed by atoms with Crippen LogP contribution in [0.4, 0.5) is 11.4 Å². The number of benzene rings is 2. The van der Waals surface area contributed by atoms with E-state index in [1.807, 2.05) is 62.7 Å². The molecule has 0 saturated carbocycles. The molecule has 2 aromatic rings. The van der Waals surface area contributed by atoms with Gasteiger partial charge in [0.2, 0.25) is 0 Å². The fourth-order valence-corrected chi connectivity index (χ4v) is 2.43. The summed E-state index contributed by atoms with van der Waals surface area (Å²) in [6, 6.07) is 13.5. The Balaban J connectivity index is 2.19. The van der Waals surface area contributed by atoms with E-state index in [1.165, 1.54) is 0 Å². The summed E-state index contributed by atoms with van der Waals surface area (Å²) in [6.45, 7) is 1.94. The van der Waals surface area contributed by atoms with Crippen molar-refractivity contribution in [1.82, 2.24) is 0 Å². The van der Waals surface area contributed by atoms with Crippen molar-refractivity contribution in [1.29, 1.82) is 0 Å². The minimum Gasteiger partial charge on any atom is -0.388 e. The van der Waals surface area contributed by atoms with E-state index >= 15 is 0 Å². The number of hydrogen-bond donors (Lipinski definition) is 2. The summed E-state index contributed by atoms with van der Waals surface area (Å²) in [5.74, 6) is -0.0802. The summed E-state index contributed by atoms with van der Waals surface area (Å²) in [5.41, 5.74) is 3.47. The van der Waals surface area contributed by atoms with E-state index in [-0.39, 0.29) is 5.91 Å². The molecule has 0 spiro atoms. The Morgan fingerprint density at radius 3 is 2.55 bits per heavy atom. The molecule has 0 aliphatic rings. The number of aryl methyl sites for hydroxylation is 1. The molecule has 0 aromatic heterocycles. The van der Waals surface area contributed by atoms with Crippen molar-refractivity contribution in [3.63, 3.8) is 0 Å². The molecule has 4 heteroatoms. The van der Waals surface area contributed by atoms with E-state index < -0.39 is 0 Å². The monoisotopic (exact) mass is 286 g/mol. The van der Waals surface area contributed by atoms with Crippen LogP contribution in [-0.4, -0.2) is 19.2 Å². The maximum absolute atomic E-state index is 12.3. The Bertz CT molecular complexity index is 626. The molecule has 0 bridgehead atoms. The second-order valence-corrected chi connectivity index (χ2v) is 5.35. The molecule has 2 aromatic carbocycles. The SMILES string of the molecule is CNc1ccc(C(=O)Nc2cccc(SC)c2)c(C)c1. The van der Waals surface area contributed by atoms with E-state index in [2.05, 4.69) is 10.6 Å². The Hall–Kier alpha value is -1.94. The summed E-state index contributed by atoms with van der Waals surface area (Å²) in [4.78, 5) is 13.4. The zero-order valence-electron chi connectivity index (χ0n) is 11.9. The average Bonchev–Trinajstić information content (AvgIpc) is 2.47. The van der Waals surface area contributed by atoms with Crippen molar-refractivity contribution in [3.05, 3.63) is 53.6 Å². The first-order valence-corrected chi connectivity index (χ1v) is 7.60. The summed E-state index contributed by atoms with van der Waals surface area (Å²) < 4.78 is 0. The fraction of sp³-hybridized carbons (Fsp3) is 0.188. The van der Waals surface area contributed by atoms with Crippen LogP contribution in [0.5, 0.6) is 0 Å². The van der Waals surface area contributed by atoms with E-state index in [0.29, 0.717) is 5.56 Å². The molecule has 0 aliphatic carbocycles. The van der Waals surface area contributed by atoms with E-state index in [0.717, 1.165) is 21.8 Å². The first-order valence-electron chi connectivity index (χ1n) is 6.38. The van der Waals surface area contributed by atoms with Crippen LogP contribution < -0.4 is 10.6 Å². The Morgan fingerprint density at radius 1 is 1.10 bits per heavy atom. The number of thioether (sulfide) groups is 1. The van der Waals surface area contributed by atoms with Gasteiger partial charge in [-0.25, -0.2) is 0 Å². The Morgan fingerprint density at radius 2 is 1.90 bits per heavy atom. The Kier molecular flexibility index (Phi) is 4.69. The van der Waals surface area contributed by atoms with Crippen molar-refractivity contribution in [3.8, 4) is 0 Å². The van der Waals surface area contributed by atoms with Crippen LogP contribution in [0, 0.1) is 6.92 Å². The van der Waals surface area contributed by atoms with Gasteiger partial charge in [-0.3, -0.25) is 4.79 Å². The molecule has 2 rings (SSSR count). The fourth-order valence-electron chi connectivity index (χ4n) is 1.97. The van der Waals surface area contributed by atoms with Crippen LogP contribution in [0.2, 0.25) is 0 Å². The smallest absolute Gasteiger partial charge is 0.255 e. The van der Waals surface area contributed by atoms with Gasteiger partial charge in [0.1, 0.15) is 0 Å². The third-order valence-corrected chi connectivity index (χ3v) is 3.81. The highest BCUT2D eigenvalue weighted by Crippen LogP contribution is 2.21. The van der Waals surface area contributed by atoms with Gasteiger partial charge in [-0.1, -0.05) is 6.07 Å². The lowest BCUT2D eigenvalue weighted by Crippen LogP contribution is -2.13. The Labute approximate surface area is 123 Å². The number of rotatable bonds is 4. The lowest BCUT2D eigenvalue weighted by atomic mass is 10.1. The average molecular weight is 286 g/mol. The van der Waals surface area contributed by atoms with Gasteiger partial charge < -0.3 is 10.6 Å². The van der Waals surface area contributed by atoms with E-state index in [1.54, 1.807) is 11.8 Å². The van der Waals surface area contributed by atoms with Crippen molar-refractivity contribution >= 4 is 29.0 Å². The van der Waals surface area contributed by atoms with Gasteiger partial charge in [-0.15, -0.1) is 11.8 Å². The largest absolute Gasteiger partial charge is 0.388 e. The minimum atomic E-state index is -0.0802. The molecule has 0 fully saturated rings. The number of nitrogens with one attached hydrogen (secondary N) is 2. The summed E-state index contributed by atoms with van der Waals surface area (Å²) in [6.07, 6.45) is 2.02. The van der Waals surface area contributed by atoms with Crippen LogP contribution >= 0.6 is 11.8 Å². The predicted octanol–water partition coefficient (Wildman–Crippen LogP) is 4.01. The molecule has 20 heavy (non-hydrogen) atoms. The van der Waals surface area contributed by atoms with Crippen molar-refractivity contribution < 1.29 is 4.79 Å². The molecule has 2 N–H and O–H groups in total. The van der Waals surface area contributed by atoms with Gasteiger partial charge in [-0.05, 0) is 55.1 Å². The van der Waals surface area contributed by atoms with Crippen molar-refractivity contribution in [2.45, 2.75) is 11.8 Å². The zero-order valence-corrected chi connectivity index (χ0v) is 12.7. The molecule has 0 atom stereocenters. The van der Waals surface area contributed by atoms with Gasteiger partial charge in [0.05, 0.1) is 0 Å². The number of anilines is 2.